The van der Waals surface area contributed by atoms with Gasteiger partial charge in [0.05, 0.1) is 24.5 Å². The highest BCUT2D eigenvalue weighted by molar-refractivity contribution is 8.14. The van der Waals surface area contributed by atoms with E-state index >= 15 is 0 Å². The second kappa shape index (κ2) is 4.11. The van der Waals surface area contributed by atoms with E-state index in [1.54, 1.807) is 11.8 Å². The molecule has 0 saturated heterocycles. The summed E-state index contributed by atoms with van der Waals surface area (Å²) in [6.45, 7) is 3.27. The zero-order valence-electron chi connectivity index (χ0n) is 7.39. The van der Waals surface area contributed by atoms with Crippen LogP contribution in [-0.4, -0.2) is 59.4 Å². The summed E-state index contributed by atoms with van der Waals surface area (Å²) >= 11 is 1.66. The second-order valence-electron chi connectivity index (χ2n) is 3.10. The van der Waals surface area contributed by atoms with E-state index in [0.717, 1.165) is 30.4 Å². The predicted molar refractivity (Wildman–Crippen MR) is 55.7 cm³/mol. The SMILES string of the molecule is OC(CN1C=NCC1)C1=NCCS1. The Balaban J connectivity index is 1.83. The van der Waals surface area contributed by atoms with Crippen molar-refractivity contribution in [2.75, 3.05) is 31.9 Å². The molecule has 2 heterocycles. The normalized spacial score (nSPS) is 23.8. The van der Waals surface area contributed by atoms with Crippen molar-refractivity contribution in [2.45, 2.75) is 6.10 Å². The van der Waals surface area contributed by atoms with Crippen molar-refractivity contribution in [3.05, 3.63) is 0 Å². The van der Waals surface area contributed by atoms with E-state index in [2.05, 4.69) is 9.98 Å². The van der Waals surface area contributed by atoms with Crippen LogP contribution in [0.1, 0.15) is 0 Å². The van der Waals surface area contributed by atoms with Crippen LogP contribution in [0.4, 0.5) is 0 Å². The van der Waals surface area contributed by atoms with Gasteiger partial charge in [0.25, 0.3) is 0 Å². The number of aliphatic hydroxyl groups is 1. The standard InChI is InChI=1S/C8H13N3OS/c12-7(8-10-2-4-13-8)5-11-3-1-9-6-11/h6-7,12H,1-5H2. The Bertz CT molecular complexity index is 242. The van der Waals surface area contributed by atoms with Crippen LogP contribution in [0.2, 0.25) is 0 Å². The highest BCUT2D eigenvalue weighted by Crippen LogP contribution is 2.15. The number of aliphatic hydroxyl groups excluding tert-OH is 1. The third kappa shape index (κ3) is 2.22. The number of thioether (sulfide) groups is 1. The molecule has 0 bridgehead atoms. The lowest BCUT2D eigenvalue weighted by Crippen LogP contribution is -2.33. The van der Waals surface area contributed by atoms with Crippen LogP contribution in [-0.2, 0) is 0 Å². The Morgan fingerprint density at radius 1 is 1.62 bits per heavy atom. The average molecular weight is 199 g/mol. The van der Waals surface area contributed by atoms with Gasteiger partial charge in [0.1, 0.15) is 6.10 Å². The van der Waals surface area contributed by atoms with Crippen LogP contribution in [0.25, 0.3) is 0 Å². The molecule has 0 aliphatic carbocycles. The zero-order chi connectivity index (χ0) is 9.10. The first kappa shape index (κ1) is 9.02. The third-order valence-corrected chi connectivity index (χ3v) is 3.15. The number of nitrogens with zero attached hydrogens (tertiary/aromatic N) is 3. The van der Waals surface area contributed by atoms with E-state index in [1.807, 2.05) is 11.2 Å². The Morgan fingerprint density at radius 2 is 2.54 bits per heavy atom. The quantitative estimate of drug-likeness (QED) is 0.687. The average Bonchev–Trinajstić information content (AvgIpc) is 2.74. The largest absolute Gasteiger partial charge is 0.384 e. The maximum absolute atomic E-state index is 9.75. The molecule has 2 aliphatic rings. The van der Waals surface area contributed by atoms with Gasteiger partial charge in [0.15, 0.2) is 0 Å². The van der Waals surface area contributed by atoms with Crippen LogP contribution in [0.5, 0.6) is 0 Å². The molecule has 2 aliphatic heterocycles. The molecule has 2 rings (SSSR count). The molecular weight excluding hydrogens is 186 g/mol. The lowest BCUT2D eigenvalue weighted by molar-refractivity contribution is 0.210. The summed E-state index contributed by atoms with van der Waals surface area (Å²) < 4.78 is 0. The topological polar surface area (TPSA) is 48.2 Å². The number of hydrogen-bond donors (Lipinski definition) is 1. The molecule has 5 heteroatoms. The van der Waals surface area contributed by atoms with Crippen molar-refractivity contribution in [1.29, 1.82) is 0 Å². The minimum Gasteiger partial charge on any atom is -0.384 e. The number of hydrogen-bond acceptors (Lipinski definition) is 5. The summed E-state index contributed by atoms with van der Waals surface area (Å²) in [5.41, 5.74) is 0. The first-order chi connectivity index (χ1) is 6.36. The molecule has 1 atom stereocenters. The molecular formula is C8H13N3OS. The van der Waals surface area contributed by atoms with Gasteiger partial charge in [-0.1, -0.05) is 0 Å². The molecule has 1 N–H and O–H groups in total. The summed E-state index contributed by atoms with van der Waals surface area (Å²) in [5, 5.41) is 10.6. The molecule has 0 saturated carbocycles. The van der Waals surface area contributed by atoms with Crippen molar-refractivity contribution in [2.24, 2.45) is 9.98 Å². The molecule has 0 aromatic carbocycles. The summed E-state index contributed by atoms with van der Waals surface area (Å²) in [6, 6.07) is 0. The van der Waals surface area contributed by atoms with Gasteiger partial charge in [-0.05, 0) is 0 Å². The Labute approximate surface area is 81.8 Å². The molecule has 0 fully saturated rings. The molecule has 0 aromatic heterocycles. The van der Waals surface area contributed by atoms with E-state index in [9.17, 15) is 5.11 Å². The Morgan fingerprint density at radius 3 is 3.15 bits per heavy atom. The van der Waals surface area contributed by atoms with Gasteiger partial charge < -0.3 is 10.0 Å². The van der Waals surface area contributed by atoms with Crippen molar-refractivity contribution >= 4 is 23.1 Å². The molecule has 0 amide bonds. The maximum atomic E-state index is 9.75. The Kier molecular flexibility index (Phi) is 2.85. The molecule has 72 valence electrons. The fourth-order valence-corrected chi connectivity index (χ4v) is 2.25. The van der Waals surface area contributed by atoms with Gasteiger partial charge >= 0.3 is 0 Å². The smallest absolute Gasteiger partial charge is 0.119 e. The van der Waals surface area contributed by atoms with Crippen molar-refractivity contribution in [3.63, 3.8) is 0 Å². The summed E-state index contributed by atoms with van der Waals surface area (Å²) in [7, 11) is 0. The van der Waals surface area contributed by atoms with Crippen LogP contribution >= 0.6 is 11.8 Å². The maximum Gasteiger partial charge on any atom is 0.119 e. The van der Waals surface area contributed by atoms with Crippen LogP contribution in [0, 0.1) is 0 Å². The summed E-state index contributed by atoms with van der Waals surface area (Å²) in [6.07, 6.45) is 1.39. The lowest BCUT2D eigenvalue weighted by Gasteiger charge is -2.17. The van der Waals surface area contributed by atoms with Gasteiger partial charge in [-0.3, -0.25) is 9.98 Å². The monoisotopic (exact) mass is 199 g/mol. The van der Waals surface area contributed by atoms with E-state index in [0.29, 0.717) is 6.54 Å². The molecule has 0 radical (unpaired) electrons. The third-order valence-electron chi connectivity index (χ3n) is 2.06. The lowest BCUT2D eigenvalue weighted by atomic mass is 10.3. The van der Waals surface area contributed by atoms with Crippen molar-refractivity contribution < 1.29 is 5.11 Å². The van der Waals surface area contributed by atoms with E-state index in [-0.39, 0.29) is 0 Å². The van der Waals surface area contributed by atoms with Crippen LogP contribution in [0.3, 0.4) is 0 Å². The predicted octanol–water partition coefficient (Wildman–Crippen LogP) is -0.163. The van der Waals surface area contributed by atoms with E-state index in [1.165, 1.54) is 0 Å². The van der Waals surface area contributed by atoms with Gasteiger partial charge in [-0.15, -0.1) is 11.8 Å². The fraction of sp³-hybridized carbons (Fsp3) is 0.750. The zero-order valence-corrected chi connectivity index (χ0v) is 8.20. The number of β-amino-alcohol motifs (C(OH)–C–C–N with tert-alkyl or cyclic N) is 1. The molecule has 1 unspecified atom stereocenters. The van der Waals surface area contributed by atoms with Gasteiger partial charge in [-0.2, -0.15) is 0 Å². The van der Waals surface area contributed by atoms with E-state index in [4.69, 9.17) is 0 Å². The molecule has 0 aromatic rings. The Hall–Kier alpha value is -0.550. The summed E-state index contributed by atoms with van der Waals surface area (Å²) in [5.74, 6) is 1.01. The molecule has 13 heavy (non-hydrogen) atoms. The first-order valence-corrected chi connectivity index (χ1v) is 5.44. The summed E-state index contributed by atoms with van der Waals surface area (Å²) in [4.78, 5) is 10.4. The second-order valence-corrected chi connectivity index (χ2v) is 4.22. The minimum absolute atomic E-state index is 0.419. The minimum atomic E-state index is -0.419. The van der Waals surface area contributed by atoms with Crippen molar-refractivity contribution in [3.8, 4) is 0 Å². The molecule has 4 nitrogen and oxygen atoms in total. The number of aliphatic imine (C=N–C) groups is 2. The van der Waals surface area contributed by atoms with Crippen LogP contribution in [0.15, 0.2) is 9.98 Å². The number of rotatable bonds is 3. The highest BCUT2D eigenvalue weighted by Gasteiger charge is 2.19. The van der Waals surface area contributed by atoms with Crippen LogP contribution < -0.4 is 0 Å². The van der Waals surface area contributed by atoms with E-state index < -0.39 is 6.10 Å². The first-order valence-electron chi connectivity index (χ1n) is 4.45. The van der Waals surface area contributed by atoms with Gasteiger partial charge in [-0.25, -0.2) is 0 Å². The highest BCUT2D eigenvalue weighted by atomic mass is 32.2. The van der Waals surface area contributed by atoms with Gasteiger partial charge in [0.2, 0.25) is 0 Å². The van der Waals surface area contributed by atoms with Gasteiger partial charge in [0, 0.05) is 18.8 Å². The van der Waals surface area contributed by atoms with Crippen molar-refractivity contribution in [1.82, 2.24) is 4.90 Å². The molecule has 0 spiro atoms. The fourth-order valence-electron chi connectivity index (χ4n) is 1.41.